The summed E-state index contributed by atoms with van der Waals surface area (Å²) in [6, 6.07) is 14.2. The molecule has 3 unspecified atom stereocenters. The lowest BCUT2D eigenvalue weighted by molar-refractivity contribution is -0.138. The number of benzene rings is 2. The third kappa shape index (κ3) is 4.96. The summed E-state index contributed by atoms with van der Waals surface area (Å²) in [5.74, 6) is 0.167. The van der Waals surface area contributed by atoms with E-state index in [1.54, 1.807) is 43.0 Å². The van der Waals surface area contributed by atoms with Gasteiger partial charge in [-0.05, 0) is 49.3 Å². The van der Waals surface area contributed by atoms with Crippen LogP contribution >= 0.6 is 11.8 Å². The summed E-state index contributed by atoms with van der Waals surface area (Å²) >= 11 is 1.69. The van der Waals surface area contributed by atoms with Crippen LogP contribution in [0.3, 0.4) is 0 Å². The average molecular weight is 421 g/mol. The zero-order valence-corrected chi connectivity index (χ0v) is 17.5. The number of thioether (sulfide) groups is 1. The molecule has 1 aliphatic rings. The van der Waals surface area contributed by atoms with Crippen LogP contribution in [0, 0.1) is 12.8 Å². The fourth-order valence-electron chi connectivity index (χ4n) is 3.19. The zero-order chi connectivity index (χ0) is 20.3. The molecule has 2 aromatic carbocycles. The van der Waals surface area contributed by atoms with E-state index in [-0.39, 0.29) is 16.9 Å². The SMILES string of the molecule is Cc1ccc(S(=O)(=O)OC2CSCC2Cc2ccc(C(C)C(=O)O)cc2)cc1. The smallest absolute Gasteiger partial charge is 0.310 e. The first-order chi connectivity index (χ1) is 13.3. The summed E-state index contributed by atoms with van der Waals surface area (Å²) in [4.78, 5) is 11.3. The van der Waals surface area contributed by atoms with Crippen molar-refractivity contribution in [3.63, 3.8) is 0 Å². The van der Waals surface area contributed by atoms with E-state index in [1.165, 1.54) is 0 Å². The van der Waals surface area contributed by atoms with E-state index in [2.05, 4.69) is 0 Å². The molecule has 5 nitrogen and oxygen atoms in total. The summed E-state index contributed by atoms with van der Waals surface area (Å²) in [5.41, 5.74) is 2.80. The highest BCUT2D eigenvalue weighted by Gasteiger charge is 2.33. The molecule has 0 aromatic heterocycles. The fraction of sp³-hybridized carbons (Fsp3) is 0.381. The quantitative estimate of drug-likeness (QED) is 0.685. The Morgan fingerprint density at radius 3 is 2.39 bits per heavy atom. The number of carboxylic acid groups (broad SMARTS) is 1. The minimum atomic E-state index is -3.79. The third-order valence-electron chi connectivity index (χ3n) is 5.05. The van der Waals surface area contributed by atoms with Crippen LogP contribution < -0.4 is 0 Å². The highest BCUT2D eigenvalue weighted by atomic mass is 32.2. The number of aryl methyl sites for hydroxylation is 1. The molecule has 1 saturated heterocycles. The highest BCUT2D eigenvalue weighted by Crippen LogP contribution is 2.32. The second kappa shape index (κ2) is 8.68. The maximum atomic E-state index is 12.6. The van der Waals surface area contributed by atoms with E-state index < -0.39 is 22.0 Å². The first kappa shape index (κ1) is 20.9. The molecule has 0 amide bonds. The number of hydrogen-bond acceptors (Lipinski definition) is 5. The van der Waals surface area contributed by atoms with Gasteiger partial charge in [0, 0.05) is 11.7 Å². The molecule has 3 atom stereocenters. The van der Waals surface area contributed by atoms with Gasteiger partial charge >= 0.3 is 5.97 Å². The molecule has 3 rings (SSSR count). The van der Waals surface area contributed by atoms with Gasteiger partial charge in [0.2, 0.25) is 0 Å². The monoisotopic (exact) mass is 420 g/mol. The number of aliphatic carboxylic acids is 1. The molecule has 2 aromatic rings. The lowest BCUT2D eigenvalue weighted by atomic mass is 9.94. The molecule has 1 N–H and O–H groups in total. The lowest BCUT2D eigenvalue weighted by Gasteiger charge is -2.19. The molecule has 1 fully saturated rings. The highest BCUT2D eigenvalue weighted by molar-refractivity contribution is 7.99. The van der Waals surface area contributed by atoms with Crippen molar-refractivity contribution in [2.75, 3.05) is 11.5 Å². The predicted molar refractivity (Wildman–Crippen MR) is 110 cm³/mol. The number of carboxylic acids is 1. The summed E-state index contributed by atoms with van der Waals surface area (Å²) in [7, 11) is -3.79. The van der Waals surface area contributed by atoms with Gasteiger partial charge in [0.15, 0.2) is 0 Å². The maximum Gasteiger partial charge on any atom is 0.310 e. The van der Waals surface area contributed by atoms with Crippen molar-refractivity contribution in [3.05, 3.63) is 65.2 Å². The van der Waals surface area contributed by atoms with Crippen molar-refractivity contribution < 1.29 is 22.5 Å². The van der Waals surface area contributed by atoms with Gasteiger partial charge in [-0.25, -0.2) is 0 Å². The van der Waals surface area contributed by atoms with E-state index in [1.807, 2.05) is 31.2 Å². The number of rotatable bonds is 7. The van der Waals surface area contributed by atoms with Crippen LogP contribution in [0.15, 0.2) is 53.4 Å². The van der Waals surface area contributed by atoms with Gasteiger partial charge in [-0.3, -0.25) is 8.98 Å². The molecular formula is C21H24O5S2. The molecule has 0 bridgehead atoms. The lowest BCUT2D eigenvalue weighted by Crippen LogP contribution is -2.27. The van der Waals surface area contributed by atoms with E-state index in [0.29, 0.717) is 12.2 Å². The molecule has 0 aliphatic carbocycles. The molecule has 0 radical (unpaired) electrons. The minimum Gasteiger partial charge on any atom is -0.481 e. The van der Waals surface area contributed by atoms with Gasteiger partial charge in [-0.15, -0.1) is 0 Å². The Hall–Kier alpha value is -1.83. The minimum absolute atomic E-state index is 0.0907. The van der Waals surface area contributed by atoms with Gasteiger partial charge in [0.05, 0.1) is 16.9 Å². The number of hydrogen-bond donors (Lipinski definition) is 1. The van der Waals surface area contributed by atoms with Crippen molar-refractivity contribution in [3.8, 4) is 0 Å². The van der Waals surface area contributed by atoms with Gasteiger partial charge in [-0.2, -0.15) is 20.2 Å². The van der Waals surface area contributed by atoms with Crippen LogP contribution in [-0.2, 0) is 25.5 Å². The average Bonchev–Trinajstić information content (AvgIpc) is 3.08. The van der Waals surface area contributed by atoms with Crippen molar-refractivity contribution in [1.29, 1.82) is 0 Å². The largest absolute Gasteiger partial charge is 0.481 e. The normalized spacial score (nSPS) is 20.8. The van der Waals surface area contributed by atoms with E-state index in [9.17, 15) is 13.2 Å². The molecule has 28 heavy (non-hydrogen) atoms. The molecular weight excluding hydrogens is 396 g/mol. The maximum absolute atomic E-state index is 12.6. The molecule has 150 valence electrons. The van der Waals surface area contributed by atoms with Crippen LogP contribution in [0.25, 0.3) is 0 Å². The molecule has 0 saturated carbocycles. The van der Waals surface area contributed by atoms with Crippen molar-refractivity contribution in [2.45, 2.75) is 37.2 Å². The Morgan fingerprint density at radius 1 is 1.14 bits per heavy atom. The Morgan fingerprint density at radius 2 is 1.79 bits per heavy atom. The third-order valence-corrected chi connectivity index (χ3v) is 7.63. The molecule has 0 spiro atoms. The Kier molecular flexibility index (Phi) is 6.47. The Bertz CT molecular complexity index is 920. The van der Waals surface area contributed by atoms with Gasteiger partial charge < -0.3 is 5.11 Å². The predicted octanol–water partition coefficient (Wildman–Crippen LogP) is 3.86. The Balaban J connectivity index is 1.68. The second-order valence-corrected chi connectivity index (χ2v) is 9.85. The summed E-state index contributed by atoms with van der Waals surface area (Å²) in [6.07, 6.45) is 0.331. The van der Waals surface area contributed by atoms with Gasteiger partial charge in [0.25, 0.3) is 10.1 Å². The van der Waals surface area contributed by atoms with Gasteiger partial charge in [0.1, 0.15) is 0 Å². The van der Waals surface area contributed by atoms with Crippen LogP contribution in [0.1, 0.15) is 29.5 Å². The molecule has 7 heteroatoms. The van der Waals surface area contributed by atoms with Crippen molar-refractivity contribution >= 4 is 27.8 Å². The van der Waals surface area contributed by atoms with Crippen molar-refractivity contribution in [1.82, 2.24) is 0 Å². The van der Waals surface area contributed by atoms with E-state index in [0.717, 1.165) is 22.4 Å². The molecule has 1 heterocycles. The molecule has 1 aliphatic heterocycles. The summed E-state index contributed by atoms with van der Waals surface area (Å²) in [6.45, 7) is 3.56. The number of carbonyl (C=O) groups is 1. The summed E-state index contributed by atoms with van der Waals surface area (Å²) in [5, 5.41) is 9.11. The fourth-order valence-corrected chi connectivity index (χ4v) is 5.75. The summed E-state index contributed by atoms with van der Waals surface area (Å²) < 4.78 is 30.8. The Labute approximate surface area is 170 Å². The first-order valence-electron chi connectivity index (χ1n) is 9.15. The van der Waals surface area contributed by atoms with Crippen LogP contribution in [-0.4, -0.2) is 37.1 Å². The zero-order valence-electron chi connectivity index (χ0n) is 15.9. The standard InChI is InChI=1S/C21H24O5S2/c1-14-3-9-19(10-4-14)28(24,25)26-20-13-27-12-18(20)11-16-5-7-17(8-6-16)15(2)21(22)23/h3-10,15,18,20H,11-13H2,1-2H3,(H,22,23). The first-order valence-corrected chi connectivity index (χ1v) is 11.7. The van der Waals surface area contributed by atoms with Crippen LogP contribution in [0.5, 0.6) is 0 Å². The van der Waals surface area contributed by atoms with E-state index >= 15 is 0 Å². The van der Waals surface area contributed by atoms with Crippen LogP contribution in [0.2, 0.25) is 0 Å². The van der Waals surface area contributed by atoms with Crippen molar-refractivity contribution in [2.24, 2.45) is 5.92 Å². The second-order valence-electron chi connectivity index (χ2n) is 7.21. The van der Waals surface area contributed by atoms with E-state index in [4.69, 9.17) is 9.29 Å². The van der Waals surface area contributed by atoms with Gasteiger partial charge in [-0.1, -0.05) is 42.0 Å². The van der Waals surface area contributed by atoms with Crippen LogP contribution in [0.4, 0.5) is 0 Å². The topological polar surface area (TPSA) is 80.7 Å².